The van der Waals surface area contributed by atoms with E-state index in [4.69, 9.17) is 4.74 Å². The van der Waals surface area contributed by atoms with Gasteiger partial charge in [-0.25, -0.2) is 0 Å². The molecule has 0 aromatic carbocycles. The molecule has 0 atom stereocenters. The van der Waals surface area contributed by atoms with Crippen molar-refractivity contribution in [2.45, 2.75) is 127 Å². The summed E-state index contributed by atoms with van der Waals surface area (Å²) >= 11 is 0. The third-order valence-electron chi connectivity index (χ3n) is 6.50. The molecule has 0 bridgehead atoms. The van der Waals surface area contributed by atoms with Crippen molar-refractivity contribution in [3.8, 4) is 0 Å². The number of epoxide rings is 1. The highest BCUT2D eigenvalue weighted by atomic mass is 16.6. The third kappa shape index (κ3) is 3.84. The number of hydrogen-bond acceptors (Lipinski definition) is 1. The zero-order chi connectivity index (χ0) is 14.4. The van der Waals surface area contributed by atoms with E-state index in [2.05, 4.69) is 0 Å². The van der Waals surface area contributed by atoms with Crippen molar-refractivity contribution in [3.05, 3.63) is 0 Å². The van der Waals surface area contributed by atoms with Crippen molar-refractivity contribution in [2.75, 3.05) is 0 Å². The first-order chi connectivity index (χ1) is 10.4. The fraction of sp³-hybridized carbons (Fsp3) is 1.00. The maximum Gasteiger partial charge on any atom is 0.0980 e. The fourth-order valence-corrected chi connectivity index (χ4v) is 5.12. The SMILES string of the molecule is C1CCCCC2(CCCC1)OC21CCCCCCCCC1. The Balaban J connectivity index is 1.62. The number of rotatable bonds is 0. The molecule has 0 amide bonds. The molecule has 122 valence electrons. The van der Waals surface area contributed by atoms with Gasteiger partial charge in [0.05, 0.1) is 11.2 Å². The Bertz CT molecular complexity index is 259. The molecule has 1 heterocycles. The normalized spacial score (nSPS) is 30.9. The molecule has 21 heavy (non-hydrogen) atoms. The molecular formula is C20H36O. The van der Waals surface area contributed by atoms with Crippen molar-refractivity contribution in [1.29, 1.82) is 0 Å². The molecule has 0 N–H and O–H groups in total. The summed E-state index contributed by atoms with van der Waals surface area (Å²) in [5.74, 6) is 0. The summed E-state index contributed by atoms with van der Waals surface area (Å²) in [4.78, 5) is 0. The van der Waals surface area contributed by atoms with Crippen LogP contribution in [0.3, 0.4) is 0 Å². The van der Waals surface area contributed by atoms with E-state index in [1.54, 1.807) is 0 Å². The zero-order valence-corrected chi connectivity index (χ0v) is 14.1. The highest BCUT2D eigenvalue weighted by Gasteiger charge is 2.66. The van der Waals surface area contributed by atoms with Gasteiger partial charge in [0.1, 0.15) is 0 Å². The quantitative estimate of drug-likeness (QED) is 0.461. The van der Waals surface area contributed by atoms with Crippen molar-refractivity contribution in [1.82, 2.24) is 0 Å². The van der Waals surface area contributed by atoms with E-state index in [0.29, 0.717) is 11.2 Å². The summed E-state index contributed by atoms with van der Waals surface area (Å²) in [6, 6.07) is 0. The minimum absolute atomic E-state index is 0.323. The van der Waals surface area contributed by atoms with Crippen LogP contribution in [0.15, 0.2) is 0 Å². The minimum Gasteiger partial charge on any atom is -0.363 e. The van der Waals surface area contributed by atoms with E-state index < -0.39 is 0 Å². The molecule has 2 saturated carbocycles. The van der Waals surface area contributed by atoms with E-state index in [9.17, 15) is 0 Å². The molecule has 1 saturated heterocycles. The van der Waals surface area contributed by atoms with Crippen LogP contribution in [0, 0.1) is 0 Å². The van der Waals surface area contributed by atoms with E-state index in [-0.39, 0.29) is 0 Å². The molecule has 0 unspecified atom stereocenters. The maximum absolute atomic E-state index is 6.64. The largest absolute Gasteiger partial charge is 0.363 e. The molecule has 0 aromatic rings. The first kappa shape index (κ1) is 15.8. The Labute approximate surface area is 132 Å². The molecule has 1 nitrogen and oxygen atoms in total. The molecule has 0 aromatic heterocycles. The van der Waals surface area contributed by atoms with Crippen LogP contribution < -0.4 is 0 Å². The summed E-state index contributed by atoms with van der Waals surface area (Å²) in [5.41, 5.74) is 0.646. The summed E-state index contributed by atoms with van der Waals surface area (Å²) < 4.78 is 6.64. The average molecular weight is 293 g/mol. The van der Waals surface area contributed by atoms with Gasteiger partial charge in [-0.3, -0.25) is 0 Å². The maximum atomic E-state index is 6.64. The van der Waals surface area contributed by atoms with Crippen LogP contribution in [0.1, 0.15) is 116 Å². The van der Waals surface area contributed by atoms with Gasteiger partial charge in [0, 0.05) is 0 Å². The monoisotopic (exact) mass is 292 g/mol. The predicted molar refractivity (Wildman–Crippen MR) is 89.7 cm³/mol. The van der Waals surface area contributed by atoms with Gasteiger partial charge in [-0.1, -0.05) is 89.9 Å². The Kier molecular flexibility index (Phi) is 5.65. The number of fused-ring (bicyclic) bond motifs is 1. The second kappa shape index (κ2) is 7.49. The van der Waals surface area contributed by atoms with Crippen molar-refractivity contribution < 1.29 is 4.74 Å². The molecular weight excluding hydrogens is 256 g/mol. The van der Waals surface area contributed by atoms with Crippen LogP contribution in [0.5, 0.6) is 0 Å². The Morgan fingerprint density at radius 1 is 0.333 bits per heavy atom. The third-order valence-corrected chi connectivity index (χ3v) is 6.50. The Morgan fingerprint density at radius 2 is 0.571 bits per heavy atom. The molecule has 1 heteroatoms. The molecule has 2 spiro atoms. The molecule has 1 aliphatic heterocycles. The first-order valence-corrected chi connectivity index (χ1v) is 10.1. The van der Waals surface area contributed by atoms with Gasteiger partial charge in [-0.05, 0) is 25.7 Å². The highest BCUT2D eigenvalue weighted by molar-refractivity contribution is 5.15. The minimum atomic E-state index is 0.323. The second-order valence-electron chi connectivity index (χ2n) is 8.04. The van der Waals surface area contributed by atoms with E-state index >= 15 is 0 Å². The van der Waals surface area contributed by atoms with E-state index in [1.165, 1.54) is 116 Å². The predicted octanol–water partition coefficient (Wildman–Crippen LogP) is 6.54. The molecule has 2 aliphatic carbocycles. The lowest BCUT2D eigenvalue weighted by Crippen LogP contribution is -2.27. The standard InChI is InChI=1S/C20H36O/c1-3-7-11-15-19(16-12-8-4-1)20(21-19)17-13-9-5-2-6-10-14-18-20/h1-18H2. The summed E-state index contributed by atoms with van der Waals surface area (Å²) in [5, 5.41) is 0. The van der Waals surface area contributed by atoms with Crippen molar-refractivity contribution in [2.24, 2.45) is 0 Å². The Hall–Kier alpha value is -0.0400. The summed E-state index contributed by atoms with van der Waals surface area (Å²) in [7, 11) is 0. The summed E-state index contributed by atoms with van der Waals surface area (Å²) in [6.07, 6.45) is 25.7. The van der Waals surface area contributed by atoms with Gasteiger partial charge >= 0.3 is 0 Å². The zero-order valence-electron chi connectivity index (χ0n) is 14.1. The van der Waals surface area contributed by atoms with Crippen LogP contribution in [-0.4, -0.2) is 11.2 Å². The lowest BCUT2D eigenvalue weighted by Gasteiger charge is -2.22. The van der Waals surface area contributed by atoms with Crippen LogP contribution >= 0.6 is 0 Å². The lowest BCUT2D eigenvalue weighted by molar-refractivity contribution is 0.222. The van der Waals surface area contributed by atoms with Crippen molar-refractivity contribution >= 4 is 0 Å². The van der Waals surface area contributed by atoms with Gasteiger partial charge in [0.25, 0.3) is 0 Å². The van der Waals surface area contributed by atoms with Gasteiger partial charge in [0.15, 0.2) is 0 Å². The smallest absolute Gasteiger partial charge is 0.0980 e. The fourth-order valence-electron chi connectivity index (χ4n) is 5.12. The van der Waals surface area contributed by atoms with Crippen LogP contribution in [0.25, 0.3) is 0 Å². The van der Waals surface area contributed by atoms with Crippen LogP contribution in [0.4, 0.5) is 0 Å². The van der Waals surface area contributed by atoms with E-state index in [0.717, 1.165) is 0 Å². The van der Waals surface area contributed by atoms with Crippen molar-refractivity contribution in [3.63, 3.8) is 0 Å². The van der Waals surface area contributed by atoms with Gasteiger partial charge < -0.3 is 4.74 Å². The number of ether oxygens (including phenoxy) is 1. The van der Waals surface area contributed by atoms with Crippen LogP contribution in [-0.2, 0) is 4.74 Å². The number of hydrogen-bond donors (Lipinski definition) is 0. The van der Waals surface area contributed by atoms with Crippen LogP contribution in [0.2, 0.25) is 0 Å². The van der Waals surface area contributed by atoms with Gasteiger partial charge in [-0.2, -0.15) is 0 Å². The first-order valence-electron chi connectivity index (χ1n) is 10.1. The summed E-state index contributed by atoms with van der Waals surface area (Å²) in [6.45, 7) is 0. The average Bonchev–Trinajstić information content (AvgIpc) is 3.12. The van der Waals surface area contributed by atoms with Gasteiger partial charge in [-0.15, -0.1) is 0 Å². The van der Waals surface area contributed by atoms with Gasteiger partial charge in [0.2, 0.25) is 0 Å². The molecule has 3 rings (SSSR count). The highest BCUT2D eigenvalue weighted by Crippen LogP contribution is 2.60. The molecule has 0 radical (unpaired) electrons. The topological polar surface area (TPSA) is 12.5 Å². The molecule has 3 fully saturated rings. The van der Waals surface area contributed by atoms with E-state index in [1.807, 2.05) is 0 Å². The Morgan fingerprint density at radius 3 is 0.857 bits per heavy atom. The molecule has 3 aliphatic rings. The second-order valence-corrected chi connectivity index (χ2v) is 8.04. The lowest BCUT2D eigenvalue weighted by atomic mass is 9.77.